The molecule has 1 atom stereocenters. The van der Waals surface area contributed by atoms with Crippen molar-refractivity contribution in [3.05, 3.63) is 30.1 Å². The van der Waals surface area contributed by atoms with Gasteiger partial charge in [0.25, 0.3) is 0 Å². The number of aromatic nitrogens is 1. The highest BCUT2D eigenvalue weighted by molar-refractivity contribution is 5.13. The summed E-state index contributed by atoms with van der Waals surface area (Å²) in [6.07, 6.45) is 8.36. The lowest BCUT2D eigenvalue weighted by molar-refractivity contribution is -0.139. The molecule has 1 aromatic heterocycles. The maximum atomic E-state index is 6.18. The van der Waals surface area contributed by atoms with Gasteiger partial charge in [-0.2, -0.15) is 0 Å². The van der Waals surface area contributed by atoms with Crippen LogP contribution in [0.2, 0.25) is 0 Å². The van der Waals surface area contributed by atoms with Gasteiger partial charge in [-0.05, 0) is 55.2 Å². The largest absolute Gasteiger partial charge is 0.381 e. The zero-order valence-electron chi connectivity index (χ0n) is 15.1. The van der Waals surface area contributed by atoms with E-state index in [2.05, 4.69) is 22.0 Å². The van der Waals surface area contributed by atoms with E-state index in [9.17, 15) is 0 Å². The van der Waals surface area contributed by atoms with E-state index in [0.717, 1.165) is 71.9 Å². The third kappa shape index (κ3) is 4.22. The molecule has 1 aromatic rings. The third-order valence-electron chi connectivity index (χ3n) is 6.04. The smallest absolute Gasteiger partial charge is 0.0964 e. The Kier molecular flexibility index (Phi) is 5.66. The second-order valence-electron chi connectivity index (χ2n) is 7.82. The van der Waals surface area contributed by atoms with Crippen molar-refractivity contribution in [2.45, 2.75) is 37.8 Å². The molecule has 0 saturated carbocycles. The van der Waals surface area contributed by atoms with E-state index in [1.165, 1.54) is 12.0 Å². The van der Waals surface area contributed by atoms with Crippen LogP contribution in [-0.4, -0.2) is 61.6 Å². The van der Waals surface area contributed by atoms with Crippen molar-refractivity contribution in [1.82, 2.24) is 9.88 Å². The molecule has 3 aliphatic rings. The summed E-state index contributed by atoms with van der Waals surface area (Å²) < 4.78 is 17.6. The fourth-order valence-corrected chi connectivity index (χ4v) is 4.50. The molecule has 25 heavy (non-hydrogen) atoms. The molecule has 1 spiro atoms. The van der Waals surface area contributed by atoms with Crippen LogP contribution in [0.25, 0.3) is 0 Å². The van der Waals surface area contributed by atoms with E-state index in [1.807, 2.05) is 12.4 Å². The van der Waals surface area contributed by atoms with Crippen LogP contribution < -0.4 is 0 Å². The van der Waals surface area contributed by atoms with E-state index in [-0.39, 0.29) is 5.60 Å². The van der Waals surface area contributed by atoms with E-state index < -0.39 is 0 Å². The maximum absolute atomic E-state index is 6.18. The predicted molar refractivity (Wildman–Crippen MR) is 95.3 cm³/mol. The Morgan fingerprint density at radius 1 is 1.12 bits per heavy atom. The van der Waals surface area contributed by atoms with Crippen LogP contribution in [0.4, 0.5) is 0 Å². The minimum atomic E-state index is 0.0923. The molecule has 0 aromatic carbocycles. The number of pyridine rings is 1. The molecular formula is C20H30N2O3. The molecule has 138 valence electrons. The van der Waals surface area contributed by atoms with Gasteiger partial charge < -0.3 is 14.2 Å². The summed E-state index contributed by atoms with van der Waals surface area (Å²) in [6.45, 7) is 7.60. The molecule has 3 aliphatic heterocycles. The summed E-state index contributed by atoms with van der Waals surface area (Å²) in [7, 11) is 0. The highest BCUT2D eigenvalue weighted by Crippen LogP contribution is 2.42. The van der Waals surface area contributed by atoms with Gasteiger partial charge in [-0.15, -0.1) is 0 Å². The third-order valence-corrected chi connectivity index (χ3v) is 6.04. The lowest BCUT2D eigenvalue weighted by Gasteiger charge is -2.50. The topological polar surface area (TPSA) is 43.8 Å². The Morgan fingerprint density at radius 3 is 2.72 bits per heavy atom. The fraction of sp³-hybridized carbons (Fsp3) is 0.750. The molecule has 3 saturated heterocycles. The van der Waals surface area contributed by atoms with Gasteiger partial charge in [-0.3, -0.25) is 9.88 Å². The van der Waals surface area contributed by atoms with Gasteiger partial charge in [-0.25, -0.2) is 0 Å². The van der Waals surface area contributed by atoms with Gasteiger partial charge in [-0.1, -0.05) is 0 Å². The standard InChI is InChI=1S/C20H30N2O3/c1-7-21-8-2-17(1)13-22-15-20(16-22)19(6-12-25-20)5-11-24-14-18-3-9-23-10-4-18/h1-2,7-8,18-19H,3-6,9-16H2. The SMILES string of the molecule is c1cc(CN2CC3(C2)OCCC3CCOCC2CCOCC2)ccn1. The average molecular weight is 346 g/mol. The molecule has 0 amide bonds. The highest BCUT2D eigenvalue weighted by Gasteiger charge is 2.52. The second kappa shape index (κ2) is 8.12. The first kappa shape index (κ1) is 17.4. The van der Waals surface area contributed by atoms with E-state index >= 15 is 0 Å². The van der Waals surface area contributed by atoms with Crippen molar-refractivity contribution in [2.75, 3.05) is 46.1 Å². The molecule has 3 fully saturated rings. The number of ether oxygens (including phenoxy) is 3. The number of rotatable bonds is 7. The monoisotopic (exact) mass is 346 g/mol. The molecule has 0 N–H and O–H groups in total. The highest BCUT2D eigenvalue weighted by atomic mass is 16.5. The first-order valence-corrected chi connectivity index (χ1v) is 9.75. The number of nitrogens with zero attached hydrogens (tertiary/aromatic N) is 2. The quantitative estimate of drug-likeness (QED) is 0.710. The molecular weight excluding hydrogens is 316 g/mol. The summed E-state index contributed by atoms with van der Waals surface area (Å²) in [5.41, 5.74) is 1.42. The Labute approximate surface area is 150 Å². The van der Waals surface area contributed by atoms with Crippen molar-refractivity contribution in [2.24, 2.45) is 11.8 Å². The van der Waals surface area contributed by atoms with E-state index in [4.69, 9.17) is 14.2 Å². The molecule has 0 bridgehead atoms. The normalized spacial score (nSPS) is 26.8. The average Bonchev–Trinajstić information content (AvgIpc) is 3.04. The Balaban J connectivity index is 1.18. The summed E-state index contributed by atoms with van der Waals surface area (Å²) in [5.74, 6) is 1.35. The van der Waals surface area contributed by atoms with Gasteiger partial charge in [0.05, 0.1) is 5.60 Å². The van der Waals surface area contributed by atoms with Gasteiger partial charge in [0.1, 0.15) is 0 Å². The van der Waals surface area contributed by atoms with Crippen molar-refractivity contribution < 1.29 is 14.2 Å². The molecule has 4 heterocycles. The van der Waals surface area contributed by atoms with Crippen LogP contribution in [0.3, 0.4) is 0 Å². The molecule has 1 unspecified atom stereocenters. The summed E-state index contributed by atoms with van der Waals surface area (Å²) in [5, 5.41) is 0. The van der Waals surface area contributed by atoms with Gasteiger partial charge in [0.2, 0.25) is 0 Å². The zero-order valence-corrected chi connectivity index (χ0v) is 15.1. The summed E-state index contributed by atoms with van der Waals surface area (Å²) in [6, 6.07) is 4.20. The first-order chi connectivity index (χ1) is 12.3. The van der Waals surface area contributed by atoms with E-state index in [0.29, 0.717) is 11.8 Å². The Hall–Kier alpha value is -1.01. The van der Waals surface area contributed by atoms with Crippen LogP contribution in [0.15, 0.2) is 24.5 Å². The van der Waals surface area contributed by atoms with Crippen LogP contribution in [-0.2, 0) is 20.8 Å². The van der Waals surface area contributed by atoms with Crippen LogP contribution >= 0.6 is 0 Å². The predicted octanol–water partition coefficient (Wildman–Crippen LogP) is 2.51. The number of hydrogen-bond acceptors (Lipinski definition) is 5. The van der Waals surface area contributed by atoms with Gasteiger partial charge in [0, 0.05) is 65.1 Å². The van der Waals surface area contributed by atoms with Crippen LogP contribution in [0.5, 0.6) is 0 Å². The van der Waals surface area contributed by atoms with Crippen molar-refractivity contribution in [3.63, 3.8) is 0 Å². The fourth-order valence-electron chi connectivity index (χ4n) is 4.50. The number of likely N-dealkylation sites (tertiary alicyclic amines) is 1. The minimum Gasteiger partial charge on any atom is -0.381 e. The lowest BCUT2D eigenvalue weighted by atomic mass is 9.79. The van der Waals surface area contributed by atoms with Crippen molar-refractivity contribution in [3.8, 4) is 0 Å². The zero-order chi connectivity index (χ0) is 17.0. The first-order valence-electron chi connectivity index (χ1n) is 9.75. The van der Waals surface area contributed by atoms with Crippen LogP contribution in [0, 0.1) is 11.8 Å². The van der Waals surface area contributed by atoms with Crippen molar-refractivity contribution >= 4 is 0 Å². The molecule has 0 radical (unpaired) electrons. The van der Waals surface area contributed by atoms with Gasteiger partial charge >= 0.3 is 0 Å². The lowest BCUT2D eigenvalue weighted by Crippen LogP contribution is -2.64. The number of hydrogen-bond donors (Lipinski definition) is 0. The summed E-state index contributed by atoms with van der Waals surface area (Å²) >= 11 is 0. The Bertz CT molecular complexity index is 527. The minimum absolute atomic E-state index is 0.0923. The van der Waals surface area contributed by atoms with Gasteiger partial charge in [0.15, 0.2) is 0 Å². The Morgan fingerprint density at radius 2 is 1.92 bits per heavy atom. The molecule has 4 rings (SSSR count). The van der Waals surface area contributed by atoms with Crippen LogP contribution in [0.1, 0.15) is 31.2 Å². The maximum Gasteiger partial charge on any atom is 0.0964 e. The molecule has 0 aliphatic carbocycles. The second-order valence-corrected chi connectivity index (χ2v) is 7.82. The molecule has 5 heteroatoms. The van der Waals surface area contributed by atoms with Crippen molar-refractivity contribution in [1.29, 1.82) is 0 Å². The summed E-state index contributed by atoms with van der Waals surface area (Å²) in [4.78, 5) is 6.57. The van der Waals surface area contributed by atoms with E-state index in [1.54, 1.807) is 0 Å². The molecule has 5 nitrogen and oxygen atoms in total.